The lowest BCUT2D eigenvalue weighted by Gasteiger charge is -2.30. The van der Waals surface area contributed by atoms with Crippen LogP contribution in [0.4, 0.5) is 0 Å². The Labute approximate surface area is 123 Å². The van der Waals surface area contributed by atoms with Crippen molar-refractivity contribution < 1.29 is 14.7 Å². The molecule has 0 spiro atoms. The second-order valence-electron chi connectivity index (χ2n) is 4.83. The lowest BCUT2D eigenvalue weighted by Crippen LogP contribution is -2.42. The third kappa shape index (κ3) is 3.58. The summed E-state index contributed by atoms with van der Waals surface area (Å²) in [5, 5.41) is 8.75. The zero-order chi connectivity index (χ0) is 15.2. The minimum absolute atomic E-state index is 0.161. The summed E-state index contributed by atoms with van der Waals surface area (Å²) in [7, 11) is 0. The predicted molar refractivity (Wildman–Crippen MR) is 76.0 cm³/mol. The Balaban J connectivity index is 2.13. The predicted octanol–water partition coefficient (Wildman–Crippen LogP) is -0.237. The van der Waals surface area contributed by atoms with E-state index in [0.29, 0.717) is 31.5 Å². The van der Waals surface area contributed by atoms with E-state index in [1.807, 2.05) is 0 Å². The molecule has 0 aromatic carbocycles. The molecule has 6 heteroatoms. The number of rotatable bonds is 2. The fourth-order valence-corrected chi connectivity index (χ4v) is 2.33. The Morgan fingerprint density at radius 2 is 2.14 bits per heavy atom. The lowest BCUT2D eigenvalue weighted by molar-refractivity contribution is -0.123. The monoisotopic (exact) mass is 287 g/mol. The molecule has 1 aromatic rings. The van der Waals surface area contributed by atoms with Gasteiger partial charge in [0.15, 0.2) is 0 Å². The number of aromatic nitrogens is 1. The number of pyridine rings is 1. The fourth-order valence-electron chi connectivity index (χ4n) is 2.33. The van der Waals surface area contributed by atoms with E-state index in [2.05, 4.69) is 16.8 Å². The molecular weight excluding hydrogens is 270 g/mol. The number of likely N-dealkylation sites (tertiary alicyclic amines) is 1. The molecule has 110 valence electrons. The summed E-state index contributed by atoms with van der Waals surface area (Å²) in [5.41, 5.74) is 6.05. The Bertz CT molecular complexity index is 596. The first-order chi connectivity index (χ1) is 10.1. The number of nitrogens with two attached hydrogens (primary N) is 1. The van der Waals surface area contributed by atoms with Gasteiger partial charge in [-0.15, -0.1) is 0 Å². The van der Waals surface area contributed by atoms with Gasteiger partial charge in [0.1, 0.15) is 12.3 Å². The summed E-state index contributed by atoms with van der Waals surface area (Å²) in [6.07, 6.45) is 2.69. The van der Waals surface area contributed by atoms with Gasteiger partial charge in [-0.1, -0.05) is 11.8 Å². The molecule has 6 nitrogen and oxygen atoms in total. The molecule has 1 fully saturated rings. The van der Waals surface area contributed by atoms with Crippen LogP contribution in [0.25, 0.3) is 0 Å². The highest BCUT2D eigenvalue weighted by Gasteiger charge is 2.27. The summed E-state index contributed by atoms with van der Waals surface area (Å²) < 4.78 is 0. The van der Waals surface area contributed by atoms with Gasteiger partial charge in [0, 0.05) is 25.2 Å². The number of carbonyl (C=O) groups excluding carboxylic acids is 2. The van der Waals surface area contributed by atoms with Crippen LogP contribution in [0.1, 0.15) is 28.9 Å². The van der Waals surface area contributed by atoms with E-state index in [1.54, 1.807) is 17.0 Å². The molecule has 0 bridgehead atoms. The highest BCUT2D eigenvalue weighted by Crippen LogP contribution is 2.19. The maximum atomic E-state index is 12.5. The van der Waals surface area contributed by atoms with Crippen molar-refractivity contribution in [1.29, 1.82) is 0 Å². The van der Waals surface area contributed by atoms with E-state index in [1.165, 1.54) is 6.20 Å². The second kappa shape index (κ2) is 6.86. The molecule has 1 aliphatic heterocycles. The zero-order valence-corrected chi connectivity index (χ0v) is 11.6. The first-order valence-electron chi connectivity index (χ1n) is 6.77. The van der Waals surface area contributed by atoms with Crippen molar-refractivity contribution in [3.8, 4) is 11.8 Å². The van der Waals surface area contributed by atoms with Gasteiger partial charge in [-0.3, -0.25) is 9.59 Å². The van der Waals surface area contributed by atoms with Crippen LogP contribution in [0.15, 0.2) is 18.3 Å². The third-order valence-corrected chi connectivity index (χ3v) is 3.50. The average molecular weight is 287 g/mol. The maximum Gasteiger partial charge on any atom is 0.273 e. The summed E-state index contributed by atoms with van der Waals surface area (Å²) >= 11 is 0. The van der Waals surface area contributed by atoms with Crippen LogP contribution in [-0.2, 0) is 4.79 Å². The Morgan fingerprint density at radius 1 is 1.43 bits per heavy atom. The molecule has 2 amide bonds. The SMILES string of the molecule is NC(=O)C1CCN(C(=O)c2ncccc2C#CCO)CC1. The van der Waals surface area contributed by atoms with Gasteiger partial charge in [0.05, 0.1) is 5.56 Å². The molecule has 2 heterocycles. The molecule has 1 saturated heterocycles. The number of aliphatic hydroxyl groups is 1. The first-order valence-corrected chi connectivity index (χ1v) is 6.77. The highest BCUT2D eigenvalue weighted by atomic mass is 16.2. The highest BCUT2D eigenvalue weighted by molar-refractivity contribution is 5.95. The summed E-state index contributed by atoms with van der Waals surface area (Å²) in [6, 6.07) is 3.39. The standard InChI is InChI=1S/C15H17N3O3/c16-14(20)12-5-8-18(9-6-12)15(21)13-11(4-2-10-19)3-1-7-17-13/h1,3,7,12,19H,5-6,8-10H2,(H2,16,20). The summed E-state index contributed by atoms with van der Waals surface area (Å²) in [5.74, 6) is 4.57. The van der Waals surface area contributed by atoms with Gasteiger partial charge in [0.2, 0.25) is 5.91 Å². The minimum Gasteiger partial charge on any atom is -0.384 e. The number of hydrogen-bond acceptors (Lipinski definition) is 4. The van der Waals surface area contributed by atoms with Crippen LogP contribution in [0.2, 0.25) is 0 Å². The first kappa shape index (κ1) is 15.0. The van der Waals surface area contributed by atoms with E-state index in [-0.39, 0.29) is 30.0 Å². The number of piperidine rings is 1. The van der Waals surface area contributed by atoms with Crippen LogP contribution >= 0.6 is 0 Å². The number of primary amides is 1. The molecule has 1 aromatic heterocycles. The van der Waals surface area contributed by atoms with Crippen LogP contribution < -0.4 is 5.73 Å². The van der Waals surface area contributed by atoms with Crippen molar-refractivity contribution in [3.05, 3.63) is 29.6 Å². The molecular formula is C15H17N3O3. The van der Waals surface area contributed by atoms with E-state index in [0.717, 1.165) is 0 Å². The van der Waals surface area contributed by atoms with Crippen LogP contribution in [0.3, 0.4) is 0 Å². The lowest BCUT2D eigenvalue weighted by atomic mass is 9.96. The third-order valence-electron chi connectivity index (χ3n) is 3.50. The Kier molecular flexibility index (Phi) is 4.90. The van der Waals surface area contributed by atoms with Crippen molar-refractivity contribution in [2.45, 2.75) is 12.8 Å². The van der Waals surface area contributed by atoms with Gasteiger partial charge in [-0.2, -0.15) is 0 Å². The largest absolute Gasteiger partial charge is 0.384 e. The van der Waals surface area contributed by atoms with Crippen molar-refractivity contribution >= 4 is 11.8 Å². The average Bonchev–Trinajstić information content (AvgIpc) is 2.52. The van der Waals surface area contributed by atoms with Crippen molar-refractivity contribution in [1.82, 2.24) is 9.88 Å². The molecule has 21 heavy (non-hydrogen) atoms. The van der Waals surface area contributed by atoms with Crippen LogP contribution in [0.5, 0.6) is 0 Å². The van der Waals surface area contributed by atoms with Gasteiger partial charge >= 0.3 is 0 Å². The molecule has 1 aliphatic rings. The summed E-state index contributed by atoms with van der Waals surface area (Å²) in [6.45, 7) is 0.693. The van der Waals surface area contributed by atoms with Crippen LogP contribution in [0, 0.1) is 17.8 Å². The molecule has 0 unspecified atom stereocenters. The second-order valence-corrected chi connectivity index (χ2v) is 4.83. The van der Waals surface area contributed by atoms with Crippen molar-refractivity contribution in [2.24, 2.45) is 11.7 Å². The molecule has 2 rings (SSSR count). The van der Waals surface area contributed by atoms with E-state index >= 15 is 0 Å². The number of hydrogen-bond donors (Lipinski definition) is 2. The Hall–Kier alpha value is -2.39. The number of nitrogens with zero attached hydrogens (tertiary/aromatic N) is 2. The van der Waals surface area contributed by atoms with Gasteiger partial charge in [-0.05, 0) is 25.0 Å². The van der Waals surface area contributed by atoms with Gasteiger partial charge in [0.25, 0.3) is 5.91 Å². The number of amides is 2. The quantitative estimate of drug-likeness (QED) is 0.734. The van der Waals surface area contributed by atoms with E-state index in [4.69, 9.17) is 10.8 Å². The molecule has 0 saturated carbocycles. The number of carbonyl (C=O) groups is 2. The molecule has 0 aliphatic carbocycles. The normalized spacial score (nSPS) is 15.2. The topological polar surface area (TPSA) is 96.5 Å². The number of aliphatic hydroxyl groups excluding tert-OH is 1. The van der Waals surface area contributed by atoms with E-state index < -0.39 is 0 Å². The maximum absolute atomic E-state index is 12.5. The smallest absolute Gasteiger partial charge is 0.273 e. The summed E-state index contributed by atoms with van der Waals surface area (Å²) in [4.78, 5) is 29.4. The van der Waals surface area contributed by atoms with E-state index in [9.17, 15) is 9.59 Å². The van der Waals surface area contributed by atoms with Crippen LogP contribution in [-0.4, -0.2) is 46.5 Å². The van der Waals surface area contributed by atoms with Gasteiger partial charge < -0.3 is 15.7 Å². The molecule has 0 atom stereocenters. The molecule has 3 N–H and O–H groups in total. The fraction of sp³-hybridized carbons (Fsp3) is 0.400. The minimum atomic E-state index is -0.311. The van der Waals surface area contributed by atoms with Crippen molar-refractivity contribution in [3.63, 3.8) is 0 Å². The van der Waals surface area contributed by atoms with Crippen molar-refractivity contribution in [2.75, 3.05) is 19.7 Å². The van der Waals surface area contributed by atoms with Gasteiger partial charge in [-0.25, -0.2) is 4.98 Å². The Morgan fingerprint density at radius 3 is 2.76 bits per heavy atom. The molecule has 0 radical (unpaired) electrons. The zero-order valence-electron chi connectivity index (χ0n) is 11.6.